The summed E-state index contributed by atoms with van der Waals surface area (Å²) < 4.78 is 5.52. The highest BCUT2D eigenvalue weighted by molar-refractivity contribution is 7.96. The summed E-state index contributed by atoms with van der Waals surface area (Å²) in [6, 6.07) is 51.1. The standard InChI is InChI=1S/C33H30OP/c1-26-18-20-27(21-19-26)33(28-22-24-29(34-2)25-23-28)35(30-12-6-3-7-13-30,31-14-8-4-9-15-31)32-16-10-5-11-17-32/h3-25,33H,1-2H3/q+1. The zero-order chi connectivity index (χ0) is 24.1. The van der Waals surface area contributed by atoms with Crippen LogP contribution in [-0.4, -0.2) is 7.11 Å². The van der Waals surface area contributed by atoms with Crippen molar-refractivity contribution in [2.24, 2.45) is 0 Å². The molecular weight excluding hydrogens is 443 g/mol. The van der Waals surface area contributed by atoms with E-state index in [0.29, 0.717) is 0 Å². The molecule has 5 aromatic rings. The van der Waals surface area contributed by atoms with Crippen LogP contribution in [0.25, 0.3) is 0 Å². The average molecular weight is 474 g/mol. The Balaban J connectivity index is 1.91. The van der Waals surface area contributed by atoms with Gasteiger partial charge in [-0.05, 0) is 66.6 Å². The monoisotopic (exact) mass is 473 g/mol. The summed E-state index contributed by atoms with van der Waals surface area (Å²) in [5.41, 5.74) is 4.02. The molecule has 5 rings (SSSR count). The Morgan fingerprint density at radius 3 is 1.23 bits per heavy atom. The van der Waals surface area contributed by atoms with E-state index in [4.69, 9.17) is 4.74 Å². The van der Waals surface area contributed by atoms with Crippen LogP contribution in [0, 0.1) is 6.92 Å². The molecule has 0 saturated carbocycles. The fraction of sp³-hybridized carbons (Fsp3) is 0.0909. The van der Waals surface area contributed by atoms with Crippen LogP contribution in [0.2, 0.25) is 0 Å². The molecule has 0 aliphatic carbocycles. The van der Waals surface area contributed by atoms with E-state index in [0.717, 1.165) is 5.75 Å². The number of ether oxygens (including phenoxy) is 1. The maximum absolute atomic E-state index is 5.52. The average Bonchev–Trinajstić information content (AvgIpc) is 2.94. The molecule has 0 bridgehead atoms. The van der Waals surface area contributed by atoms with Gasteiger partial charge < -0.3 is 4.74 Å². The molecule has 0 spiro atoms. The number of aryl methyl sites for hydroxylation is 1. The molecule has 0 aromatic heterocycles. The van der Waals surface area contributed by atoms with E-state index in [1.165, 1.54) is 32.6 Å². The fourth-order valence-corrected chi connectivity index (χ4v) is 10.0. The molecule has 0 saturated heterocycles. The summed E-state index contributed by atoms with van der Waals surface area (Å²) in [6.45, 7) is 2.15. The normalized spacial score (nSPS) is 12.2. The molecular formula is C33H30OP+. The Hall–Kier alpha value is -3.67. The number of rotatable bonds is 7. The fourth-order valence-electron chi connectivity index (χ4n) is 5.06. The lowest BCUT2D eigenvalue weighted by Gasteiger charge is -2.35. The van der Waals surface area contributed by atoms with E-state index < -0.39 is 7.26 Å². The molecule has 0 amide bonds. The number of benzene rings is 5. The van der Waals surface area contributed by atoms with Gasteiger partial charge in [-0.3, -0.25) is 0 Å². The van der Waals surface area contributed by atoms with E-state index in [1.54, 1.807) is 7.11 Å². The molecule has 5 aromatic carbocycles. The predicted octanol–water partition coefficient (Wildman–Crippen LogP) is 7.09. The van der Waals surface area contributed by atoms with Crippen molar-refractivity contribution in [2.75, 3.05) is 7.11 Å². The molecule has 0 radical (unpaired) electrons. The maximum Gasteiger partial charge on any atom is 0.134 e. The van der Waals surface area contributed by atoms with Gasteiger partial charge in [-0.25, -0.2) is 0 Å². The van der Waals surface area contributed by atoms with Gasteiger partial charge in [0.05, 0.1) is 7.11 Å². The summed E-state index contributed by atoms with van der Waals surface area (Å²) in [7, 11) is -0.463. The van der Waals surface area contributed by atoms with Crippen LogP contribution in [-0.2, 0) is 0 Å². The first kappa shape index (κ1) is 23.1. The highest BCUT2D eigenvalue weighted by atomic mass is 31.2. The molecule has 1 unspecified atom stereocenters. The molecule has 0 fully saturated rings. The third-order valence-corrected chi connectivity index (χ3v) is 11.4. The smallest absolute Gasteiger partial charge is 0.134 e. The SMILES string of the molecule is COc1ccc(C(c2ccc(C)cc2)[P+](c2ccccc2)(c2ccccc2)c2ccccc2)cc1. The Kier molecular flexibility index (Phi) is 6.80. The number of hydrogen-bond donors (Lipinski definition) is 0. The van der Waals surface area contributed by atoms with Crippen LogP contribution in [0.4, 0.5) is 0 Å². The second kappa shape index (κ2) is 10.3. The highest BCUT2D eigenvalue weighted by Gasteiger charge is 2.53. The van der Waals surface area contributed by atoms with Crippen molar-refractivity contribution in [3.05, 3.63) is 156 Å². The van der Waals surface area contributed by atoms with Gasteiger partial charge in [-0.15, -0.1) is 0 Å². The molecule has 0 aliphatic heterocycles. The molecule has 0 N–H and O–H groups in total. The first-order valence-corrected chi connectivity index (χ1v) is 13.9. The Bertz CT molecular complexity index is 1250. The Morgan fingerprint density at radius 1 is 0.486 bits per heavy atom. The first-order valence-electron chi connectivity index (χ1n) is 12.0. The van der Waals surface area contributed by atoms with Crippen molar-refractivity contribution in [3.63, 3.8) is 0 Å². The van der Waals surface area contributed by atoms with E-state index >= 15 is 0 Å². The van der Waals surface area contributed by atoms with Gasteiger partial charge in [0, 0.05) is 0 Å². The van der Waals surface area contributed by atoms with Gasteiger partial charge in [0.2, 0.25) is 0 Å². The van der Waals surface area contributed by atoms with Crippen LogP contribution < -0.4 is 20.7 Å². The predicted molar refractivity (Wildman–Crippen MR) is 151 cm³/mol. The van der Waals surface area contributed by atoms with Gasteiger partial charge in [-0.1, -0.05) is 96.6 Å². The van der Waals surface area contributed by atoms with Gasteiger partial charge >= 0.3 is 0 Å². The van der Waals surface area contributed by atoms with E-state index in [2.05, 4.69) is 146 Å². The lowest BCUT2D eigenvalue weighted by molar-refractivity contribution is 0.414. The van der Waals surface area contributed by atoms with Gasteiger partial charge in [0.1, 0.15) is 34.6 Å². The molecule has 172 valence electrons. The van der Waals surface area contributed by atoms with Crippen LogP contribution in [0.1, 0.15) is 22.3 Å². The van der Waals surface area contributed by atoms with Crippen molar-refractivity contribution in [2.45, 2.75) is 12.6 Å². The zero-order valence-corrected chi connectivity index (χ0v) is 21.1. The number of methoxy groups -OCH3 is 1. The minimum atomic E-state index is -2.19. The van der Waals surface area contributed by atoms with Gasteiger partial charge in [-0.2, -0.15) is 0 Å². The summed E-state index contributed by atoms with van der Waals surface area (Å²) >= 11 is 0. The maximum atomic E-state index is 5.52. The van der Waals surface area contributed by atoms with Crippen LogP contribution >= 0.6 is 7.26 Å². The topological polar surface area (TPSA) is 9.23 Å². The summed E-state index contributed by atoms with van der Waals surface area (Å²) in [4.78, 5) is 0. The molecule has 0 heterocycles. The van der Waals surface area contributed by atoms with Crippen molar-refractivity contribution < 1.29 is 4.74 Å². The van der Waals surface area contributed by atoms with Crippen molar-refractivity contribution in [3.8, 4) is 5.75 Å². The summed E-state index contributed by atoms with van der Waals surface area (Å²) in [5, 5.41) is 4.12. The second-order valence-corrected chi connectivity index (χ2v) is 12.3. The van der Waals surface area contributed by atoms with Crippen molar-refractivity contribution in [1.82, 2.24) is 0 Å². The van der Waals surface area contributed by atoms with Crippen molar-refractivity contribution >= 4 is 23.2 Å². The summed E-state index contributed by atoms with van der Waals surface area (Å²) in [6.07, 6.45) is 0. The molecule has 35 heavy (non-hydrogen) atoms. The van der Waals surface area contributed by atoms with Gasteiger partial charge in [0.15, 0.2) is 0 Å². The van der Waals surface area contributed by atoms with E-state index in [1.807, 2.05) is 0 Å². The van der Waals surface area contributed by atoms with Crippen molar-refractivity contribution in [1.29, 1.82) is 0 Å². The Labute approximate surface area is 209 Å². The first-order chi connectivity index (χ1) is 17.2. The molecule has 2 heteroatoms. The quantitative estimate of drug-likeness (QED) is 0.229. The van der Waals surface area contributed by atoms with Gasteiger partial charge in [0.25, 0.3) is 0 Å². The third-order valence-electron chi connectivity index (χ3n) is 6.70. The largest absolute Gasteiger partial charge is 0.497 e. The zero-order valence-electron chi connectivity index (χ0n) is 20.2. The summed E-state index contributed by atoms with van der Waals surface area (Å²) in [5.74, 6) is 0.875. The van der Waals surface area contributed by atoms with Crippen LogP contribution in [0.5, 0.6) is 5.75 Å². The van der Waals surface area contributed by atoms with Crippen LogP contribution in [0.15, 0.2) is 140 Å². The van der Waals surface area contributed by atoms with E-state index in [-0.39, 0.29) is 5.66 Å². The molecule has 1 atom stereocenters. The third kappa shape index (κ3) is 4.41. The Morgan fingerprint density at radius 2 is 0.857 bits per heavy atom. The van der Waals surface area contributed by atoms with Crippen LogP contribution in [0.3, 0.4) is 0 Å². The molecule has 0 aliphatic rings. The molecule has 1 nitrogen and oxygen atoms in total. The number of hydrogen-bond acceptors (Lipinski definition) is 1. The lowest BCUT2D eigenvalue weighted by Crippen LogP contribution is -2.35. The highest BCUT2D eigenvalue weighted by Crippen LogP contribution is 2.68. The minimum Gasteiger partial charge on any atom is -0.497 e. The second-order valence-electron chi connectivity index (χ2n) is 8.82. The lowest BCUT2D eigenvalue weighted by atomic mass is 10.0. The van der Waals surface area contributed by atoms with E-state index in [9.17, 15) is 0 Å². The minimum absolute atomic E-state index is 0.140.